The number of fused-ring (bicyclic) bond motifs is 7. The molecule has 23 heteroatoms. The van der Waals surface area contributed by atoms with E-state index in [0.717, 1.165) is 5.57 Å². The summed E-state index contributed by atoms with van der Waals surface area (Å²) in [6.45, 7) is 12.9. The summed E-state index contributed by atoms with van der Waals surface area (Å²) in [4.78, 5) is 26.2. The molecule has 0 aromatic carbocycles. The minimum Gasteiger partial charge on any atom is -0.479 e. The summed E-state index contributed by atoms with van der Waals surface area (Å²) in [7, 11) is 0. The van der Waals surface area contributed by atoms with E-state index in [4.69, 9.17) is 33.2 Å². The fourth-order valence-electron chi connectivity index (χ4n) is 15.9. The Morgan fingerprint density at radius 2 is 1.26 bits per heavy atom. The summed E-state index contributed by atoms with van der Waals surface area (Å²) in [6, 6.07) is 0. The normalized spacial score (nSPS) is 52.3. The molecule has 27 atom stereocenters. The number of ether oxygens (including phenoxy) is 7. The molecule has 0 bridgehead atoms. The Morgan fingerprint density at radius 3 is 1.79 bits per heavy atom. The van der Waals surface area contributed by atoms with Crippen LogP contribution < -0.4 is 0 Å². The number of allylic oxidation sites excluding steroid dienone is 3. The Morgan fingerprint density at radius 1 is 0.684 bits per heavy atom. The lowest BCUT2D eigenvalue weighted by Crippen LogP contribution is -2.72. The topological polar surface area (TPSA) is 382 Å². The summed E-state index contributed by atoms with van der Waals surface area (Å²) < 4.78 is 41.9. The van der Waals surface area contributed by atoms with Gasteiger partial charge in [0.15, 0.2) is 25.0 Å². The van der Waals surface area contributed by atoms with Gasteiger partial charge in [-0.3, -0.25) is 0 Å². The number of carbonyl (C=O) groups excluding carboxylic acids is 1. The van der Waals surface area contributed by atoms with Crippen molar-refractivity contribution in [3.05, 3.63) is 23.3 Å². The number of hydrogen-bond acceptors (Lipinski definition) is 22. The highest BCUT2D eigenvalue weighted by molar-refractivity contribution is 5.87. The van der Waals surface area contributed by atoms with Crippen molar-refractivity contribution in [1.82, 2.24) is 0 Å². The largest absolute Gasteiger partial charge is 0.479 e. The van der Waals surface area contributed by atoms with Gasteiger partial charge in [0, 0.05) is 16.4 Å². The Balaban J connectivity index is 1.10. The van der Waals surface area contributed by atoms with Gasteiger partial charge in [-0.2, -0.15) is 0 Å². The van der Waals surface area contributed by atoms with Crippen LogP contribution in [0.1, 0.15) is 100 Å². The van der Waals surface area contributed by atoms with Gasteiger partial charge in [0.1, 0.15) is 79.4 Å². The summed E-state index contributed by atoms with van der Waals surface area (Å²) >= 11 is 0. The Hall–Kier alpha value is -2.34. The molecule has 434 valence electrons. The minimum absolute atomic E-state index is 0.0566. The number of aliphatic hydroxyl groups excluding tert-OH is 13. The fraction of sp³-hybridized carbons (Fsp3) is 0.887. The van der Waals surface area contributed by atoms with Crippen LogP contribution in [0.15, 0.2) is 23.3 Å². The number of hydrogen-bond donors (Lipinski definition) is 14. The molecule has 0 radical (unpaired) electrons. The first-order valence-electron chi connectivity index (χ1n) is 26.8. The second-order valence-electron chi connectivity index (χ2n) is 24.9. The van der Waals surface area contributed by atoms with Gasteiger partial charge in [-0.1, -0.05) is 59.3 Å². The third-order valence-corrected chi connectivity index (χ3v) is 20.8. The van der Waals surface area contributed by atoms with Crippen molar-refractivity contribution in [3.63, 3.8) is 0 Å². The molecule has 3 heterocycles. The van der Waals surface area contributed by atoms with Gasteiger partial charge >= 0.3 is 11.9 Å². The predicted octanol–water partition coefficient (Wildman–Crippen LogP) is -1.89. The maximum Gasteiger partial charge on any atom is 0.335 e. The number of carbonyl (C=O) groups is 2. The minimum atomic E-state index is -2.16. The molecular weight excluding hydrogens is 1000 g/mol. The lowest BCUT2D eigenvalue weighted by molar-refractivity contribution is -0.392. The molecule has 3 saturated heterocycles. The molecule has 7 fully saturated rings. The van der Waals surface area contributed by atoms with E-state index < -0.39 is 193 Å². The number of rotatable bonds is 13. The zero-order valence-corrected chi connectivity index (χ0v) is 44.6. The van der Waals surface area contributed by atoms with Gasteiger partial charge < -0.3 is 105 Å². The number of aliphatic hydroxyl groups is 13. The monoisotopic (exact) mass is 1090 g/mol. The summed E-state index contributed by atoms with van der Waals surface area (Å²) in [5.41, 5.74) is -3.57. The molecule has 0 spiro atoms. The molecule has 8 rings (SSSR count). The smallest absolute Gasteiger partial charge is 0.335 e. The van der Waals surface area contributed by atoms with E-state index in [1.165, 1.54) is 0 Å². The van der Waals surface area contributed by atoms with Crippen LogP contribution in [0.3, 0.4) is 0 Å². The van der Waals surface area contributed by atoms with Crippen LogP contribution in [-0.2, 0) is 42.7 Å². The molecule has 14 N–H and O–H groups in total. The van der Waals surface area contributed by atoms with E-state index in [9.17, 15) is 81.1 Å². The van der Waals surface area contributed by atoms with Crippen molar-refractivity contribution in [3.8, 4) is 0 Å². The van der Waals surface area contributed by atoms with Crippen molar-refractivity contribution in [1.29, 1.82) is 0 Å². The quantitative estimate of drug-likeness (QED) is 0.0415. The van der Waals surface area contributed by atoms with E-state index in [0.29, 0.717) is 37.7 Å². The highest BCUT2D eigenvalue weighted by Crippen LogP contribution is 2.76. The van der Waals surface area contributed by atoms with Gasteiger partial charge in [0.05, 0.1) is 44.1 Å². The molecule has 76 heavy (non-hydrogen) atoms. The number of carboxylic acids is 1. The van der Waals surface area contributed by atoms with Crippen LogP contribution in [-0.4, -0.2) is 226 Å². The Bertz CT molecular complexity index is 2170. The molecule has 23 nitrogen and oxygen atoms in total. The molecule has 4 saturated carbocycles. The van der Waals surface area contributed by atoms with Crippen molar-refractivity contribution < 1.29 is 114 Å². The van der Waals surface area contributed by atoms with E-state index in [1.54, 1.807) is 19.9 Å². The van der Waals surface area contributed by atoms with Gasteiger partial charge in [-0.25, -0.2) is 9.59 Å². The van der Waals surface area contributed by atoms with E-state index in [-0.39, 0.29) is 24.7 Å². The van der Waals surface area contributed by atoms with Crippen LogP contribution in [0.25, 0.3) is 0 Å². The lowest BCUT2D eigenvalue weighted by Gasteiger charge is -2.72. The van der Waals surface area contributed by atoms with Crippen LogP contribution in [0, 0.1) is 50.2 Å². The first-order chi connectivity index (χ1) is 35.5. The first-order valence-corrected chi connectivity index (χ1v) is 26.8. The van der Waals surface area contributed by atoms with Crippen molar-refractivity contribution in [2.45, 2.75) is 217 Å². The second-order valence-corrected chi connectivity index (χ2v) is 24.9. The summed E-state index contributed by atoms with van der Waals surface area (Å²) in [5.74, 6) is -3.12. The molecule has 3 unspecified atom stereocenters. The predicted molar refractivity (Wildman–Crippen MR) is 259 cm³/mol. The fourth-order valence-corrected chi connectivity index (χ4v) is 15.9. The molecule has 0 amide bonds. The Labute approximate surface area is 442 Å². The lowest BCUT2D eigenvalue weighted by atomic mass is 9.33. The van der Waals surface area contributed by atoms with Crippen molar-refractivity contribution >= 4 is 11.9 Å². The average molecular weight is 1090 g/mol. The van der Waals surface area contributed by atoms with Crippen molar-refractivity contribution in [2.75, 3.05) is 26.4 Å². The van der Waals surface area contributed by atoms with Crippen LogP contribution in [0.2, 0.25) is 0 Å². The van der Waals surface area contributed by atoms with Crippen LogP contribution >= 0.6 is 0 Å². The third-order valence-electron chi connectivity index (χ3n) is 20.8. The molecule has 8 aliphatic rings. The molecule has 0 aromatic rings. The standard InChI is InChI=1S/C53H84O23/c1-9-22(2)44(69)76-42-41(66)53(21-57)24(16-48(42,3)4)23-10-11-28-49(5)14-13-30(50(6,20-56)27(49)12-15-51(28,7)52(23,8)17-29(53)58)72-47-39(74-46-36(64)34(62)32(60)26(19-55)71-46)37(65)38(40(75-47)43(67)68)73-45-35(63)33(61)31(59)25(18-54)70-45/h9-10,24-42,45-47,54-66H,11-21H2,1-8H3,(H,67,68)/b22-9+/t24-,25+,26+,27?,28?,29+,30-,31+,32+,33-,34-,35+,36+,37-,38?,39+,40-,41-,42-,45-,46-,47+,49-,50+,51+,52+,53-/m0/s1. The zero-order valence-electron chi connectivity index (χ0n) is 44.6. The maximum absolute atomic E-state index is 13.2. The molecular formula is C53H84O23. The summed E-state index contributed by atoms with van der Waals surface area (Å²) in [6.07, 6.45) is -26.3. The van der Waals surface area contributed by atoms with E-state index >= 15 is 0 Å². The maximum atomic E-state index is 13.2. The number of esters is 1. The van der Waals surface area contributed by atoms with E-state index in [2.05, 4.69) is 26.8 Å². The second kappa shape index (κ2) is 21.5. The SMILES string of the molecule is C/C=C(\C)C(=O)O[C@H]1[C@H](O)[C@]2(CO)[C@H](O)C[C@]3(C)C(=CCC4[C@@]5(C)CC[C@H](O[C@@H]6O[C@H](C(=O)O)C(O[C@@H]7O[C@H](CO)[C@@H](O)[C@H](O)[C@H]7O)[C@H](O)[C@H]6O[C@@H]6O[C@H](CO)[C@@H](O)[C@H](O)[C@H]6O)[C@](C)(CO)C5CC[C@]43C)[C@@H]2CC1(C)C. The average Bonchev–Trinajstić information content (AvgIpc) is 3.58. The summed E-state index contributed by atoms with van der Waals surface area (Å²) in [5, 5.41) is 155. The molecule has 0 aromatic heterocycles. The van der Waals surface area contributed by atoms with Gasteiger partial charge in [-0.05, 0) is 92.8 Å². The first kappa shape index (κ1) is 59.8. The third kappa shape index (κ3) is 9.16. The van der Waals surface area contributed by atoms with E-state index in [1.807, 2.05) is 20.8 Å². The highest BCUT2D eigenvalue weighted by Gasteiger charge is 2.73. The van der Waals surface area contributed by atoms with Crippen molar-refractivity contribution in [2.24, 2.45) is 50.2 Å². The molecule has 3 aliphatic heterocycles. The molecule has 5 aliphatic carbocycles. The Kier molecular flexibility index (Phi) is 16.9. The van der Waals surface area contributed by atoms with Gasteiger partial charge in [0.25, 0.3) is 0 Å². The number of aliphatic carboxylic acids is 1. The number of carboxylic acid groups (broad SMARTS) is 1. The zero-order chi connectivity index (χ0) is 56.2. The van der Waals surface area contributed by atoms with Crippen LogP contribution in [0.4, 0.5) is 0 Å². The van der Waals surface area contributed by atoms with Gasteiger partial charge in [-0.15, -0.1) is 0 Å². The van der Waals surface area contributed by atoms with Gasteiger partial charge in [0.2, 0.25) is 0 Å². The highest BCUT2D eigenvalue weighted by atomic mass is 16.8. The van der Waals surface area contributed by atoms with Crippen LogP contribution in [0.5, 0.6) is 0 Å².